The average molecular weight is 178 g/mol. The third-order valence-corrected chi connectivity index (χ3v) is 3.51. The summed E-state index contributed by atoms with van der Waals surface area (Å²) in [7, 11) is -2.97. The van der Waals surface area contributed by atoms with Crippen LogP contribution < -0.4 is 11.3 Å². The zero-order chi connectivity index (χ0) is 8.48. The molecule has 1 heterocycles. The lowest BCUT2D eigenvalue weighted by atomic mass is 10.1. The zero-order valence-electron chi connectivity index (χ0n) is 5.91. The zero-order valence-corrected chi connectivity index (χ0v) is 6.73. The molecule has 0 spiro atoms. The van der Waals surface area contributed by atoms with E-state index in [2.05, 4.69) is 0 Å². The number of rotatable bonds is 1. The highest BCUT2D eigenvalue weighted by Gasteiger charge is 2.32. The van der Waals surface area contributed by atoms with Crippen LogP contribution in [0.5, 0.6) is 0 Å². The van der Waals surface area contributed by atoms with Gasteiger partial charge in [0.1, 0.15) is 0 Å². The Bertz CT molecular complexity index is 259. The topological polar surface area (TPSA) is 89.3 Å². The summed E-state index contributed by atoms with van der Waals surface area (Å²) in [6.07, 6.45) is 0.394. The first-order chi connectivity index (χ1) is 5.05. The molecule has 11 heavy (non-hydrogen) atoms. The van der Waals surface area contributed by atoms with Gasteiger partial charge in [0, 0.05) is 0 Å². The van der Waals surface area contributed by atoms with E-state index in [0.717, 1.165) is 0 Å². The lowest BCUT2D eigenvalue weighted by Gasteiger charge is -2.02. The van der Waals surface area contributed by atoms with E-state index in [1.807, 2.05) is 5.43 Å². The van der Waals surface area contributed by atoms with Gasteiger partial charge in [-0.3, -0.25) is 10.2 Å². The van der Waals surface area contributed by atoms with E-state index in [4.69, 9.17) is 5.84 Å². The van der Waals surface area contributed by atoms with Gasteiger partial charge in [0.2, 0.25) is 5.91 Å². The molecule has 0 aromatic carbocycles. The second-order valence-electron chi connectivity index (χ2n) is 2.61. The predicted octanol–water partition coefficient (Wildman–Crippen LogP) is -1.59. The highest BCUT2D eigenvalue weighted by molar-refractivity contribution is 7.91. The standard InChI is InChI=1S/C5H10N2O3S/c6-7-5(8)4-1-2-11(9,10)3-4/h4H,1-3,6H2,(H,7,8)/t4-/m1/s1. The van der Waals surface area contributed by atoms with Crippen LogP contribution in [0.15, 0.2) is 0 Å². The van der Waals surface area contributed by atoms with Gasteiger partial charge in [0.15, 0.2) is 9.84 Å². The molecule has 0 radical (unpaired) electrons. The van der Waals surface area contributed by atoms with Crippen molar-refractivity contribution in [1.82, 2.24) is 5.43 Å². The summed E-state index contributed by atoms with van der Waals surface area (Å²) in [6, 6.07) is 0. The van der Waals surface area contributed by atoms with Crippen molar-refractivity contribution in [3.05, 3.63) is 0 Å². The molecule has 0 saturated carbocycles. The summed E-state index contributed by atoms with van der Waals surface area (Å²) < 4.78 is 21.7. The fourth-order valence-corrected chi connectivity index (χ4v) is 2.86. The van der Waals surface area contributed by atoms with E-state index in [9.17, 15) is 13.2 Å². The van der Waals surface area contributed by atoms with Gasteiger partial charge in [-0.2, -0.15) is 0 Å². The van der Waals surface area contributed by atoms with Gasteiger partial charge in [-0.1, -0.05) is 0 Å². The smallest absolute Gasteiger partial charge is 0.238 e. The molecule has 0 aromatic heterocycles. The van der Waals surface area contributed by atoms with E-state index in [1.54, 1.807) is 0 Å². The third kappa shape index (κ3) is 1.90. The molecule has 0 aromatic rings. The molecule has 0 aliphatic carbocycles. The van der Waals surface area contributed by atoms with Crippen LogP contribution in [0.2, 0.25) is 0 Å². The average Bonchev–Trinajstić information content (AvgIpc) is 2.29. The molecule has 1 aliphatic rings. The molecule has 1 atom stereocenters. The van der Waals surface area contributed by atoms with Gasteiger partial charge in [-0.15, -0.1) is 0 Å². The SMILES string of the molecule is NNC(=O)[C@@H]1CCS(=O)(=O)C1. The van der Waals surface area contributed by atoms with Crippen molar-refractivity contribution in [1.29, 1.82) is 0 Å². The first-order valence-electron chi connectivity index (χ1n) is 3.26. The molecule has 1 saturated heterocycles. The number of hydrogen-bond acceptors (Lipinski definition) is 4. The molecule has 5 nitrogen and oxygen atoms in total. The van der Waals surface area contributed by atoms with Crippen LogP contribution in [0.1, 0.15) is 6.42 Å². The number of nitrogens with one attached hydrogen (secondary N) is 1. The largest absolute Gasteiger partial charge is 0.294 e. The number of amides is 1. The Morgan fingerprint density at radius 1 is 1.55 bits per heavy atom. The lowest BCUT2D eigenvalue weighted by molar-refractivity contribution is -0.124. The van der Waals surface area contributed by atoms with Gasteiger partial charge >= 0.3 is 0 Å². The van der Waals surface area contributed by atoms with E-state index in [1.165, 1.54) is 0 Å². The molecular weight excluding hydrogens is 168 g/mol. The Labute approximate surface area is 64.8 Å². The first kappa shape index (κ1) is 8.48. The van der Waals surface area contributed by atoms with Crippen LogP contribution in [-0.4, -0.2) is 25.8 Å². The lowest BCUT2D eigenvalue weighted by Crippen LogP contribution is -2.36. The number of hydrazine groups is 1. The van der Waals surface area contributed by atoms with Gasteiger partial charge in [0.05, 0.1) is 17.4 Å². The maximum atomic E-state index is 10.8. The van der Waals surface area contributed by atoms with Gasteiger partial charge in [-0.25, -0.2) is 14.3 Å². The minimum absolute atomic E-state index is 0.0595. The summed E-state index contributed by atoms with van der Waals surface area (Å²) in [5.41, 5.74) is 1.94. The molecule has 0 unspecified atom stereocenters. The summed E-state index contributed by atoms with van der Waals surface area (Å²) in [4.78, 5) is 10.8. The normalized spacial score (nSPS) is 28.3. The van der Waals surface area contributed by atoms with Gasteiger partial charge < -0.3 is 0 Å². The predicted molar refractivity (Wildman–Crippen MR) is 39.1 cm³/mol. The van der Waals surface area contributed by atoms with E-state index in [-0.39, 0.29) is 17.4 Å². The van der Waals surface area contributed by atoms with Crippen molar-refractivity contribution in [3.8, 4) is 0 Å². The Balaban J connectivity index is 2.62. The second kappa shape index (κ2) is 2.78. The molecule has 1 rings (SSSR count). The summed E-state index contributed by atoms with van der Waals surface area (Å²) >= 11 is 0. The van der Waals surface area contributed by atoms with Crippen LogP contribution in [0.3, 0.4) is 0 Å². The Morgan fingerprint density at radius 2 is 2.18 bits per heavy atom. The maximum Gasteiger partial charge on any atom is 0.238 e. The quantitative estimate of drug-likeness (QED) is 0.288. The maximum absolute atomic E-state index is 10.8. The molecule has 64 valence electrons. The highest BCUT2D eigenvalue weighted by Crippen LogP contribution is 2.17. The number of sulfone groups is 1. The van der Waals surface area contributed by atoms with Gasteiger partial charge in [-0.05, 0) is 6.42 Å². The first-order valence-corrected chi connectivity index (χ1v) is 5.08. The highest BCUT2D eigenvalue weighted by atomic mass is 32.2. The fraction of sp³-hybridized carbons (Fsp3) is 0.800. The van der Waals surface area contributed by atoms with Crippen molar-refractivity contribution >= 4 is 15.7 Å². The van der Waals surface area contributed by atoms with Gasteiger partial charge in [0.25, 0.3) is 0 Å². The van der Waals surface area contributed by atoms with Crippen LogP contribution in [0.25, 0.3) is 0 Å². The van der Waals surface area contributed by atoms with Crippen molar-refractivity contribution in [2.75, 3.05) is 11.5 Å². The van der Waals surface area contributed by atoms with Crippen LogP contribution in [0, 0.1) is 5.92 Å². The van der Waals surface area contributed by atoms with E-state index < -0.39 is 15.8 Å². The Morgan fingerprint density at radius 3 is 2.55 bits per heavy atom. The molecule has 0 bridgehead atoms. The number of carbonyl (C=O) groups excluding carboxylic acids is 1. The minimum Gasteiger partial charge on any atom is -0.294 e. The van der Waals surface area contributed by atoms with Crippen molar-refractivity contribution in [3.63, 3.8) is 0 Å². The Hall–Kier alpha value is -0.620. The summed E-state index contributed by atoms with van der Waals surface area (Å²) in [5, 5.41) is 0. The molecule has 1 fully saturated rings. The van der Waals surface area contributed by atoms with Crippen molar-refractivity contribution in [2.24, 2.45) is 11.8 Å². The summed E-state index contributed by atoms with van der Waals surface area (Å²) in [6.45, 7) is 0. The fourth-order valence-electron chi connectivity index (χ4n) is 1.12. The van der Waals surface area contributed by atoms with Crippen molar-refractivity contribution in [2.45, 2.75) is 6.42 Å². The number of carbonyl (C=O) groups is 1. The van der Waals surface area contributed by atoms with E-state index in [0.29, 0.717) is 6.42 Å². The summed E-state index contributed by atoms with van der Waals surface area (Å²) in [5.74, 6) is 4.07. The van der Waals surface area contributed by atoms with Crippen LogP contribution in [-0.2, 0) is 14.6 Å². The minimum atomic E-state index is -2.97. The third-order valence-electron chi connectivity index (χ3n) is 1.75. The Kier molecular flexibility index (Phi) is 2.15. The van der Waals surface area contributed by atoms with E-state index >= 15 is 0 Å². The number of hydrogen-bond donors (Lipinski definition) is 2. The molecule has 1 amide bonds. The van der Waals surface area contributed by atoms with Crippen molar-refractivity contribution < 1.29 is 13.2 Å². The van der Waals surface area contributed by atoms with Crippen LogP contribution >= 0.6 is 0 Å². The molecule has 1 aliphatic heterocycles. The van der Waals surface area contributed by atoms with Crippen LogP contribution in [0.4, 0.5) is 0 Å². The molecule has 6 heteroatoms. The second-order valence-corrected chi connectivity index (χ2v) is 4.84. The number of nitrogens with two attached hydrogens (primary N) is 1. The molecule has 3 N–H and O–H groups in total. The molecular formula is C5H10N2O3S. The monoisotopic (exact) mass is 178 g/mol.